The minimum atomic E-state index is -1.17. The average molecular weight is 605 g/mol. The lowest BCUT2D eigenvalue weighted by molar-refractivity contribution is -0.298. The molecule has 9 nitrogen and oxygen atoms in total. The van der Waals surface area contributed by atoms with Crippen LogP contribution in [-0.4, -0.2) is 69.8 Å². The third-order valence-electron chi connectivity index (χ3n) is 8.54. The summed E-state index contributed by atoms with van der Waals surface area (Å²) in [7, 11) is 0. The Morgan fingerprint density at radius 3 is 2.00 bits per heavy atom. The molecule has 236 valence electrons. The van der Waals surface area contributed by atoms with E-state index in [0.29, 0.717) is 13.1 Å². The number of hydrogen-bond acceptors (Lipinski definition) is 8. The second-order valence-electron chi connectivity index (χ2n) is 12.4. The molecule has 0 spiro atoms. The van der Waals surface area contributed by atoms with Crippen molar-refractivity contribution in [1.82, 2.24) is 10.2 Å². The van der Waals surface area contributed by atoms with Gasteiger partial charge >= 0.3 is 6.09 Å². The molecule has 0 radical (unpaired) electrons. The van der Waals surface area contributed by atoms with Crippen molar-refractivity contribution in [3.8, 4) is 0 Å². The van der Waals surface area contributed by atoms with Crippen molar-refractivity contribution in [2.24, 2.45) is 0 Å². The lowest BCUT2D eigenvalue weighted by Crippen LogP contribution is -2.65. The Balaban J connectivity index is 1.28. The number of alkyl carbamates (subject to hydrolysis) is 1. The van der Waals surface area contributed by atoms with Crippen molar-refractivity contribution in [2.75, 3.05) is 6.61 Å². The second kappa shape index (κ2) is 14.2. The molecule has 9 heteroatoms. The molecule has 44 heavy (non-hydrogen) atoms. The summed E-state index contributed by atoms with van der Waals surface area (Å²) in [5.41, 5.74) is 0.974. The van der Waals surface area contributed by atoms with Gasteiger partial charge in [-0.1, -0.05) is 91.0 Å². The maximum Gasteiger partial charge on any atom is 0.407 e. The van der Waals surface area contributed by atoms with E-state index in [9.17, 15) is 15.0 Å². The van der Waals surface area contributed by atoms with Crippen LogP contribution in [-0.2, 0) is 38.6 Å². The Labute approximate surface area is 259 Å². The summed E-state index contributed by atoms with van der Waals surface area (Å²) >= 11 is 0. The van der Waals surface area contributed by atoms with E-state index in [4.69, 9.17) is 18.9 Å². The fraction of sp³-hybridized carbons (Fsp3) is 0.457. The van der Waals surface area contributed by atoms with Crippen molar-refractivity contribution >= 4 is 6.09 Å². The molecule has 2 saturated heterocycles. The molecule has 7 atom stereocenters. The van der Waals surface area contributed by atoms with E-state index < -0.39 is 35.9 Å². The second-order valence-corrected chi connectivity index (χ2v) is 12.4. The van der Waals surface area contributed by atoms with Gasteiger partial charge in [0.15, 0.2) is 12.6 Å². The largest absolute Gasteiger partial charge is 0.445 e. The fourth-order valence-corrected chi connectivity index (χ4v) is 6.42. The van der Waals surface area contributed by atoms with E-state index in [-0.39, 0.29) is 38.2 Å². The summed E-state index contributed by atoms with van der Waals surface area (Å²) in [4.78, 5) is 15.1. The Hall–Kier alpha value is -3.31. The molecule has 3 aromatic rings. The van der Waals surface area contributed by atoms with E-state index in [0.717, 1.165) is 16.7 Å². The molecule has 0 aliphatic carbocycles. The highest BCUT2D eigenvalue weighted by molar-refractivity contribution is 5.68. The van der Waals surface area contributed by atoms with Gasteiger partial charge in [-0.2, -0.15) is 0 Å². The van der Waals surface area contributed by atoms with Crippen LogP contribution >= 0.6 is 0 Å². The van der Waals surface area contributed by atoms with Crippen molar-refractivity contribution < 1.29 is 34.0 Å². The molecule has 1 amide bonds. The minimum Gasteiger partial charge on any atom is -0.445 e. The first-order chi connectivity index (χ1) is 21.1. The first-order valence-electron chi connectivity index (χ1n) is 15.2. The van der Waals surface area contributed by atoms with Crippen LogP contribution in [0.4, 0.5) is 4.79 Å². The fourth-order valence-electron chi connectivity index (χ4n) is 6.42. The lowest BCUT2D eigenvalue weighted by atomic mass is 9.84. The highest BCUT2D eigenvalue weighted by Gasteiger charge is 2.50. The third kappa shape index (κ3) is 8.24. The summed E-state index contributed by atoms with van der Waals surface area (Å²) in [6.07, 6.45) is -3.21. The van der Waals surface area contributed by atoms with Gasteiger partial charge in [-0.15, -0.1) is 0 Å². The Morgan fingerprint density at radius 1 is 0.909 bits per heavy atom. The number of nitrogens with one attached hydrogen (secondary N) is 1. The summed E-state index contributed by atoms with van der Waals surface area (Å²) in [6, 6.07) is 29.5. The van der Waals surface area contributed by atoms with Gasteiger partial charge in [0, 0.05) is 25.9 Å². The Morgan fingerprint density at radius 2 is 1.45 bits per heavy atom. The Bertz CT molecular complexity index is 1290. The van der Waals surface area contributed by atoms with Crippen LogP contribution in [0.5, 0.6) is 0 Å². The molecule has 2 fully saturated rings. The van der Waals surface area contributed by atoms with Gasteiger partial charge in [0.25, 0.3) is 0 Å². The normalized spacial score (nSPS) is 30.5. The number of aliphatic hydroxyl groups is 2. The van der Waals surface area contributed by atoms with Crippen LogP contribution in [0.25, 0.3) is 0 Å². The standard InChI is InChI=1S/C35H44N2O7/c1-25-32(37(21-26-13-7-4-8-14-26)22-27-15-9-5-10-16-27)35(3,40)20-31(43-25)44-29-24-41-30(38)19-34(29,2)36-33(39)42-23-28-17-11-6-12-18-28/h4-18,25,29-32,38,40H,19-24H2,1-3H3,(H,36,39)/t25?,29?,30-,31-,32?,34+,35+/m0/s1. The third-order valence-corrected chi connectivity index (χ3v) is 8.54. The first-order valence-corrected chi connectivity index (χ1v) is 15.2. The number of carbonyl (C=O) groups excluding carboxylic acids is 1. The van der Waals surface area contributed by atoms with E-state index in [1.807, 2.05) is 80.6 Å². The summed E-state index contributed by atoms with van der Waals surface area (Å²) < 4.78 is 23.8. The highest BCUT2D eigenvalue weighted by atomic mass is 16.7. The number of benzene rings is 3. The molecule has 3 aromatic carbocycles. The van der Waals surface area contributed by atoms with Gasteiger partial charge < -0.3 is 34.5 Å². The van der Waals surface area contributed by atoms with Crippen LogP contribution in [0.2, 0.25) is 0 Å². The number of carbonyl (C=O) groups is 1. The zero-order valence-corrected chi connectivity index (χ0v) is 25.7. The smallest absolute Gasteiger partial charge is 0.407 e. The molecule has 5 rings (SSSR count). The van der Waals surface area contributed by atoms with Crippen molar-refractivity contribution in [3.63, 3.8) is 0 Å². The van der Waals surface area contributed by atoms with Gasteiger partial charge in [0.2, 0.25) is 0 Å². The zero-order valence-electron chi connectivity index (χ0n) is 25.7. The molecular formula is C35H44N2O7. The lowest BCUT2D eigenvalue weighted by Gasteiger charge is -2.51. The number of amides is 1. The van der Waals surface area contributed by atoms with E-state index in [1.165, 1.54) is 0 Å². The van der Waals surface area contributed by atoms with Crippen molar-refractivity contribution in [2.45, 2.75) is 95.3 Å². The maximum atomic E-state index is 12.8. The predicted octanol–water partition coefficient (Wildman–Crippen LogP) is 4.75. The molecule has 0 aromatic heterocycles. The molecule has 0 saturated carbocycles. The first kappa shape index (κ1) is 32.1. The predicted molar refractivity (Wildman–Crippen MR) is 165 cm³/mol. The Kier molecular flexibility index (Phi) is 10.4. The maximum absolute atomic E-state index is 12.8. The van der Waals surface area contributed by atoms with Crippen LogP contribution in [0, 0.1) is 0 Å². The van der Waals surface area contributed by atoms with Gasteiger partial charge in [0.1, 0.15) is 12.7 Å². The SMILES string of the molecule is CC1O[C@@H](OC2CO[C@H](O)C[C@@]2(C)NC(=O)OCc2ccccc2)C[C@@](C)(O)C1N(Cc1ccccc1)Cc1ccccc1. The molecular weight excluding hydrogens is 560 g/mol. The summed E-state index contributed by atoms with van der Waals surface area (Å²) in [5, 5.41) is 25.2. The van der Waals surface area contributed by atoms with Crippen LogP contribution in [0.15, 0.2) is 91.0 Å². The number of nitrogens with zero attached hydrogens (tertiary/aromatic N) is 1. The van der Waals surface area contributed by atoms with Crippen LogP contribution < -0.4 is 5.32 Å². The molecule has 2 aliphatic heterocycles. The molecule has 3 N–H and O–H groups in total. The number of aliphatic hydroxyl groups excluding tert-OH is 1. The molecule has 0 bridgehead atoms. The van der Waals surface area contributed by atoms with E-state index in [1.54, 1.807) is 6.92 Å². The molecule has 3 unspecified atom stereocenters. The average Bonchev–Trinajstić information content (AvgIpc) is 2.98. The van der Waals surface area contributed by atoms with Gasteiger partial charge in [-0.05, 0) is 37.5 Å². The van der Waals surface area contributed by atoms with E-state index >= 15 is 0 Å². The topological polar surface area (TPSA) is 110 Å². The van der Waals surface area contributed by atoms with Gasteiger partial charge in [0.05, 0.1) is 29.9 Å². The van der Waals surface area contributed by atoms with E-state index in [2.05, 4.69) is 34.5 Å². The monoisotopic (exact) mass is 604 g/mol. The van der Waals surface area contributed by atoms with Gasteiger partial charge in [-0.3, -0.25) is 4.90 Å². The van der Waals surface area contributed by atoms with Crippen molar-refractivity contribution in [3.05, 3.63) is 108 Å². The minimum absolute atomic E-state index is 0.0323. The zero-order chi connectivity index (χ0) is 31.2. The van der Waals surface area contributed by atoms with Gasteiger partial charge in [-0.25, -0.2) is 4.79 Å². The summed E-state index contributed by atoms with van der Waals surface area (Å²) in [6.45, 7) is 7.00. The molecule has 2 aliphatic rings. The van der Waals surface area contributed by atoms with Crippen molar-refractivity contribution in [1.29, 1.82) is 0 Å². The summed E-state index contributed by atoms with van der Waals surface area (Å²) in [5.74, 6) is 0. The van der Waals surface area contributed by atoms with Crippen LogP contribution in [0.3, 0.4) is 0 Å². The number of hydrogen-bond donors (Lipinski definition) is 3. The number of rotatable bonds is 10. The highest BCUT2D eigenvalue weighted by Crippen LogP contribution is 2.37. The number of ether oxygens (including phenoxy) is 4. The molecule has 2 heterocycles. The quantitative estimate of drug-likeness (QED) is 0.304. The van der Waals surface area contributed by atoms with Crippen LogP contribution in [0.1, 0.15) is 50.3 Å².